The fraction of sp³-hybridized carbons (Fsp3) is 0.429. The lowest BCUT2D eigenvalue weighted by Gasteiger charge is -2.17. The molecule has 1 saturated heterocycles. The highest BCUT2D eigenvalue weighted by Gasteiger charge is 2.11. The van der Waals surface area contributed by atoms with Crippen LogP contribution in [0.15, 0.2) is 36.7 Å². The summed E-state index contributed by atoms with van der Waals surface area (Å²) in [6.07, 6.45) is 7.03. The number of rotatable bonds is 3. The number of hydrogen-bond donors (Lipinski definition) is 2. The molecule has 1 atom stereocenters. The quantitative estimate of drug-likeness (QED) is 0.880. The van der Waals surface area contributed by atoms with Gasteiger partial charge < -0.3 is 10.6 Å². The maximum Gasteiger partial charge on any atom is 0.0858 e. The Morgan fingerprint density at radius 2 is 1.84 bits per heavy atom. The van der Waals surface area contributed by atoms with Gasteiger partial charge in [-0.3, -0.25) is 0 Å². The molecule has 3 rings (SSSR count). The van der Waals surface area contributed by atoms with Crippen molar-refractivity contribution in [2.75, 3.05) is 18.4 Å². The van der Waals surface area contributed by atoms with Crippen LogP contribution >= 0.6 is 0 Å². The Hall–Kier alpha value is -1.88. The van der Waals surface area contributed by atoms with Crippen molar-refractivity contribution >= 4 is 5.69 Å². The summed E-state index contributed by atoms with van der Waals surface area (Å²) in [5, 5.41) is 15.3. The number of anilines is 1. The van der Waals surface area contributed by atoms with Gasteiger partial charge in [-0.2, -0.15) is 15.0 Å². The highest BCUT2D eigenvalue weighted by atomic mass is 15.5. The van der Waals surface area contributed by atoms with E-state index >= 15 is 0 Å². The third-order valence-corrected chi connectivity index (χ3v) is 3.46. The predicted molar refractivity (Wildman–Crippen MR) is 75.5 cm³/mol. The molecule has 0 aliphatic carbocycles. The highest BCUT2D eigenvalue weighted by Crippen LogP contribution is 2.16. The Morgan fingerprint density at radius 1 is 1.05 bits per heavy atom. The number of nitrogens with zero attached hydrogens (tertiary/aromatic N) is 3. The Balaban J connectivity index is 1.65. The van der Waals surface area contributed by atoms with Crippen molar-refractivity contribution in [3.63, 3.8) is 0 Å². The molecule has 19 heavy (non-hydrogen) atoms. The summed E-state index contributed by atoms with van der Waals surface area (Å²) in [7, 11) is 0. The van der Waals surface area contributed by atoms with Gasteiger partial charge in [0.15, 0.2) is 0 Å². The van der Waals surface area contributed by atoms with Crippen molar-refractivity contribution in [3.8, 4) is 5.69 Å². The fourth-order valence-corrected chi connectivity index (χ4v) is 2.44. The minimum absolute atomic E-state index is 0.573. The van der Waals surface area contributed by atoms with Gasteiger partial charge in [-0.25, -0.2) is 0 Å². The van der Waals surface area contributed by atoms with E-state index in [-0.39, 0.29) is 0 Å². The summed E-state index contributed by atoms with van der Waals surface area (Å²) in [6.45, 7) is 2.25. The molecule has 1 aromatic carbocycles. The number of nitrogens with one attached hydrogen (secondary N) is 2. The van der Waals surface area contributed by atoms with E-state index in [1.165, 1.54) is 24.9 Å². The molecule has 2 aromatic rings. The molecule has 2 heterocycles. The van der Waals surface area contributed by atoms with Gasteiger partial charge in [-0.15, -0.1) is 0 Å². The van der Waals surface area contributed by atoms with Gasteiger partial charge in [-0.05, 0) is 56.6 Å². The Morgan fingerprint density at radius 3 is 2.63 bits per heavy atom. The second kappa shape index (κ2) is 5.84. The number of aromatic nitrogens is 3. The molecule has 1 aromatic heterocycles. The first-order valence-electron chi connectivity index (χ1n) is 6.86. The standard InChI is InChI=1S/C14H19N5/c1-2-12(7-9-15-8-1)18-13-3-5-14(6-4-13)19-16-10-11-17-19/h3-6,10-12,15,18H,1-2,7-9H2. The molecule has 5 nitrogen and oxygen atoms in total. The van der Waals surface area contributed by atoms with Gasteiger partial charge >= 0.3 is 0 Å². The van der Waals surface area contributed by atoms with E-state index in [9.17, 15) is 0 Å². The second-order valence-corrected chi connectivity index (χ2v) is 4.89. The van der Waals surface area contributed by atoms with Gasteiger partial charge in [-0.1, -0.05) is 0 Å². The molecule has 0 amide bonds. The van der Waals surface area contributed by atoms with E-state index in [2.05, 4.69) is 33.0 Å². The average Bonchev–Trinajstić information content (AvgIpc) is 2.86. The average molecular weight is 257 g/mol. The monoisotopic (exact) mass is 257 g/mol. The molecule has 1 aliphatic heterocycles. The molecular weight excluding hydrogens is 238 g/mol. The van der Waals surface area contributed by atoms with Crippen molar-refractivity contribution < 1.29 is 0 Å². The summed E-state index contributed by atoms with van der Waals surface area (Å²) in [6, 6.07) is 8.84. The highest BCUT2D eigenvalue weighted by molar-refractivity contribution is 5.48. The Kier molecular flexibility index (Phi) is 3.74. The molecule has 0 saturated carbocycles. The molecule has 1 fully saturated rings. The van der Waals surface area contributed by atoms with Gasteiger partial charge in [0.05, 0.1) is 18.1 Å². The minimum atomic E-state index is 0.573. The van der Waals surface area contributed by atoms with Crippen LogP contribution in [0.3, 0.4) is 0 Å². The molecule has 0 radical (unpaired) electrons. The van der Waals surface area contributed by atoms with Crippen LogP contribution < -0.4 is 10.6 Å². The van der Waals surface area contributed by atoms with Crippen molar-refractivity contribution in [2.45, 2.75) is 25.3 Å². The van der Waals surface area contributed by atoms with Crippen LogP contribution in [0.25, 0.3) is 5.69 Å². The molecule has 1 unspecified atom stereocenters. The van der Waals surface area contributed by atoms with E-state index < -0.39 is 0 Å². The summed E-state index contributed by atoms with van der Waals surface area (Å²) in [5.41, 5.74) is 2.15. The third-order valence-electron chi connectivity index (χ3n) is 3.46. The van der Waals surface area contributed by atoms with E-state index in [4.69, 9.17) is 0 Å². The minimum Gasteiger partial charge on any atom is -0.382 e. The summed E-state index contributed by atoms with van der Waals surface area (Å²) >= 11 is 0. The summed E-state index contributed by atoms with van der Waals surface area (Å²) < 4.78 is 0. The van der Waals surface area contributed by atoms with Gasteiger partial charge in [0.2, 0.25) is 0 Å². The topological polar surface area (TPSA) is 54.8 Å². The lowest BCUT2D eigenvalue weighted by atomic mass is 10.1. The van der Waals surface area contributed by atoms with Gasteiger partial charge in [0.25, 0.3) is 0 Å². The molecule has 1 aliphatic rings. The first-order chi connectivity index (χ1) is 9.42. The van der Waals surface area contributed by atoms with Crippen LogP contribution in [-0.2, 0) is 0 Å². The van der Waals surface area contributed by atoms with Crippen molar-refractivity contribution in [1.29, 1.82) is 0 Å². The SMILES string of the molecule is c1cnn(-c2ccc(NC3CCCNCC3)cc2)n1. The molecule has 2 N–H and O–H groups in total. The predicted octanol–water partition coefficient (Wildman–Crippen LogP) is 1.82. The lowest BCUT2D eigenvalue weighted by molar-refractivity contribution is 0.637. The van der Waals surface area contributed by atoms with Crippen molar-refractivity contribution in [1.82, 2.24) is 20.3 Å². The summed E-state index contributed by atoms with van der Waals surface area (Å²) in [5.74, 6) is 0. The van der Waals surface area contributed by atoms with Gasteiger partial charge in [0.1, 0.15) is 0 Å². The largest absolute Gasteiger partial charge is 0.382 e. The van der Waals surface area contributed by atoms with E-state index in [1.807, 2.05) is 12.1 Å². The number of hydrogen-bond acceptors (Lipinski definition) is 4. The zero-order valence-electron chi connectivity index (χ0n) is 10.9. The van der Waals surface area contributed by atoms with E-state index in [1.54, 1.807) is 17.2 Å². The van der Waals surface area contributed by atoms with Crippen LogP contribution in [0, 0.1) is 0 Å². The fourth-order valence-electron chi connectivity index (χ4n) is 2.44. The van der Waals surface area contributed by atoms with E-state index in [0.717, 1.165) is 18.8 Å². The lowest BCUT2D eigenvalue weighted by Crippen LogP contribution is -2.21. The Labute approximate surface area is 113 Å². The third kappa shape index (κ3) is 3.12. The normalized spacial score (nSPS) is 19.9. The first-order valence-corrected chi connectivity index (χ1v) is 6.86. The zero-order chi connectivity index (χ0) is 12.9. The molecule has 0 bridgehead atoms. The maximum absolute atomic E-state index is 4.12. The maximum atomic E-state index is 4.12. The zero-order valence-corrected chi connectivity index (χ0v) is 10.9. The molecule has 0 spiro atoms. The van der Waals surface area contributed by atoms with Gasteiger partial charge in [0, 0.05) is 11.7 Å². The molecular formula is C14H19N5. The van der Waals surface area contributed by atoms with Crippen molar-refractivity contribution in [2.24, 2.45) is 0 Å². The Bertz CT molecular complexity index is 483. The first kappa shape index (κ1) is 12.2. The van der Waals surface area contributed by atoms with Crippen LogP contribution in [0.1, 0.15) is 19.3 Å². The second-order valence-electron chi connectivity index (χ2n) is 4.89. The van der Waals surface area contributed by atoms with Crippen LogP contribution in [-0.4, -0.2) is 34.1 Å². The summed E-state index contributed by atoms with van der Waals surface area (Å²) in [4.78, 5) is 1.62. The van der Waals surface area contributed by atoms with Crippen LogP contribution in [0.2, 0.25) is 0 Å². The van der Waals surface area contributed by atoms with E-state index in [0.29, 0.717) is 6.04 Å². The molecule has 5 heteroatoms. The van der Waals surface area contributed by atoms with Crippen LogP contribution in [0.5, 0.6) is 0 Å². The number of benzene rings is 1. The van der Waals surface area contributed by atoms with Crippen molar-refractivity contribution in [3.05, 3.63) is 36.7 Å². The smallest absolute Gasteiger partial charge is 0.0858 e. The van der Waals surface area contributed by atoms with Crippen LogP contribution in [0.4, 0.5) is 5.69 Å². The molecule has 100 valence electrons.